The van der Waals surface area contributed by atoms with E-state index in [9.17, 15) is 0 Å². The van der Waals surface area contributed by atoms with Crippen LogP contribution in [0.25, 0.3) is 11.0 Å². The molecule has 2 rings (SSSR count). The lowest BCUT2D eigenvalue weighted by atomic mass is 10.2. The highest BCUT2D eigenvalue weighted by atomic mass is 16.5. The van der Waals surface area contributed by atoms with E-state index in [-0.39, 0.29) is 0 Å². The van der Waals surface area contributed by atoms with Gasteiger partial charge in [0.15, 0.2) is 0 Å². The molecule has 0 aliphatic rings. The molecule has 1 heterocycles. The second-order valence-corrected chi connectivity index (χ2v) is 5.45. The fourth-order valence-electron chi connectivity index (χ4n) is 2.66. The third-order valence-electron chi connectivity index (χ3n) is 3.87. The quantitative estimate of drug-likeness (QED) is 0.719. The Morgan fingerprint density at radius 3 is 2.81 bits per heavy atom. The van der Waals surface area contributed by atoms with Crippen molar-refractivity contribution >= 4 is 11.0 Å². The van der Waals surface area contributed by atoms with E-state index in [1.807, 2.05) is 19.2 Å². The Bertz CT molecular complexity index is 562. The molecule has 1 aromatic carbocycles. The molecule has 1 N–H and O–H groups in total. The fourth-order valence-corrected chi connectivity index (χ4v) is 2.66. The number of nitrogens with one attached hydrogen (secondary N) is 1. The molecule has 4 heteroatoms. The number of rotatable bonds is 9. The molecule has 0 atom stereocenters. The van der Waals surface area contributed by atoms with Crippen LogP contribution >= 0.6 is 0 Å². The molecule has 0 radical (unpaired) electrons. The lowest BCUT2D eigenvalue weighted by Gasteiger charge is -2.09. The second-order valence-electron chi connectivity index (χ2n) is 5.45. The number of benzene rings is 1. The normalized spacial score (nSPS) is 11.2. The largest absolute Gasteiger partial charge is 0.497 e. The van der Waals surface area contributed by atoms with Gasteiger partial charge in [0.05, 0.1) is 18.1 Å². The molecule has 0 aliphatic carbocycles. The first kappa shape index (κ1) is 15.8. The van der Waals surface area contributed by atoms with Crippen LogP contribution in [0.2, 0.25) is 0 Å². The van der Waals surface area contributed by atoms with Gasteiger partial charge in [-0.15, -0.1) is 0 Å². The summed E-state index contributed by atoms with van der Waals surface area (Å²) in [6.07, 6.45) is 6.05. The summed E-state index contributed by atoms with van der Waals surface area (Å²) in [6, 6.07) is 6.18. The Balaban J connectivity index is 2.24. The van der Waals surface area contributed by atoms with E-state index < -0.39 is 0 Å². The Morgan fingerprint density at radius 1 is 1.24 bits per heavy atom. The van der Waals surface area contributed by atoms with Gasteiger partial charge in [-0.05, 0) is 25.6 Å². The summed E-state index contributed by atoms with van der Waals surface area (Å²) in [5, 5.41) is 3.21. The van der Waals surface area contributed by atoms with E-state index in [4.69, 9.17) is 9.72 Å². The zero-order chi connectivity index (χ0) is 15.1. The van der Waals surface area contributed by atoms with Crippen molar-refractivity contribution in [3.63, 3.8) is 0 Å². The molecule has 0 spiro atoms. The number of methoxy groups -OCH3 is 1. The van der Waals surface area contributed by atoms with Gasteiger partial charge in [-0.3, -0.25) is 0 Å². The van der Waals surface area contributed by atoms with E-state index in [1.54, 1.807) is 7.11 Å². The summed E-state index contributed by atoms with van der Waals surface area (Å²) in [7, 11) is 3.68. The Kier molecular flexibility index (Phi) is 6.05. The Hall–Kier alpha value is -1.55. The highest BCUT2D eigenvalue weighted by Crippen LogP contribution is 2.22. The molecule has 0 saturated carbocycles. The van der Waals surface area contributed by atoms with Gasteiger partial charge in [0.2, 0.25) is 0 Å². The zero-order valence-corrected chi connectivity index (χ0v) is 13.5. The molecule has 21 heavy (non-hydrogen) atoms. The van der Waals surface area contributed by atoms with Gasteiger partial charge >= 0.3 is 0 Å². The van der Waals surface area contributed by atoms with Gasteiger partial charge in [0, 0.05) is 25.6 Å². The predicted octanol–water partition coefficient (Wildman–Crippen LogP) is 3.39. The van der Waals surface area contributed by atoms with Gasteiger partial charge in [0.1, 0.15) is 11.6 Å². The molecule has 0 aliphatic heterocycles. The number of fused-ring (bicyclic) bond motifs is 1. The van der Waals surface area contributed by atoms with Crippen LogP contribution in [0.15, 0.2) is 18.2 Å². The molecule has 2 aromatic rings. The number of unbranched alkanes of at least 4 members (excludes halogenated alkanes) is 3. The van der Waals surface area contributed by atoms with Crippen LogP contribution in [-0.2, 0) is 13.0 Å². The van der Waals surface area contributed by atoms with E-state index in [0.717, 1.165) is 30.8 Å². The lowest BCUT2D eigenvalue weighted by molar-refractivity contribution is 0.415. The molecule has 116 valence electrons. The van der Waals surface area contributed by atoms with Crippen LogP contribution in [0.1, 0.15) is 38.4 Å². The Labute approximate surface area is 127 Å². The molecule has 1 aromatic heterocycles. The van der Waals surface area contributed by atoms with Crippen LogP contribution in [0, 0.1) is 0 Å². The molecule has 0 saturated heterocycles. The molecule has 0 fully saturated rings. The first-order chi connectivity index (χ1) is 10.3. The highest BCUT2D eigenvalue weighted by molar-refractivity contribution is 5.77. The maximum Gasteiger partial charge on any atom is 0.121 e. The number of ether oxygens (including phenoxy) is 1. The average Bonchev–Trinajstić information content (AvgIpc) is 2.86. The summed E-state index contributed by atoms with van der Waals surface area (Å²) < 4.78 is 7.68. The summed E-state index contributed by atoms with van der Waals surface area (Å²) >= 11 is 0. The van der Waals surface area contributed by atoms with E-state index in [0.29, 0.717) is 0 Å². The van der Waals surface area contributed by atoms with Crippen LogP contribution < -0.4 is 10.1 Å². The number of likely N-dealkylation sites (N-methyl/N-ethyl adjacent to an activating group) is 1. The number of nitrogens with zero attached hydrogens (tertiary/aromatic N) is 2. The van der Waals surface area contributed by atoms with Crippen LogP contribution in [0.5, 0.6) is 5.75 Å². The van der Waals surface area contributed by atoms with Crippen molar-refractivity contribution in [3.8, 4) is 5.75 Å². The van der Waals surface area contributed by atoms with Gasteiger partial charge in [-0.1, -0.05) is 26.2 Å². The lowest BCUT2D eigenvalue weighted by Crippen LogP contribution is -2.14. The maximum absolute atomic E-state index is 5.30. The first-order valence-electron chi connectivity index (χ1n) is 7.98. The summed E-state index contributed by atoms with van der Waals surface area (Å²) in [6.45, 7) is 4.26. The molecular weight excluding hydrogens is 262 g/mol. The van der Waals surface area contributed by atoms with Crippen molar-refractivity contribution in [2.75, 3.05) is 20.7 Å². The minimum Gasteiger partial charge on any atom is -0.497 e. The number of hydrogen-bond donors (Lipinski definition) is 1. The van der Waals surface area contributed by atoms with Crippen molar-refractivity contribution in [2.45, 2.75) is 45.6 Å². The van der Waals surface area contributed by atoms with Crippen molar-refractivity contribution in [2.24, 2.45) is 0 Å². The fraction of sp³-hybridized carbons (Fsp3) is 0.588. The van der Waals surface area contributed by atoms with E-state index in [2.05, 4.69) is 22.9 Å². The van der Waals surface area contributed by atoms with Crippen molar-refractivity contribution in [1.29, 1.82) is 0 Å². The number of hydrogen-bond acceptors (Lipinski definition) is 3. The third kappa shape index (κ3) is 3.97. The first-order valence-corrected chi connectivity index (χ1v) is 7.98. The topological polar surface area (TPSA) is 39.1 Å². The summed E-state index contributed by atoms with van der Waals surface area (Å²) in [5.41, 5.74) is 2.26. The summed E-state index contributed by atoms with van der Waals surface area (Å²) in [5.74, 6) is 2.04. The minimum atomic E-state index is 0.873. The highest BCUT2D eigenvalue weighted by Gasteiger charge is 2.11. The standard InChI is InChI=1S/C17H27N3O/c1-4-5-6-7-12-20-16-9-8-14(21-3)13-15(16)19-17(20)10-11-18-2/h8-9,13,18H,4-7,10-12H2,1-3H3. The molecule has 0 unspecified atom stereocenters. The van der Waals surface area contributed by atoms with E-state index >= 15 is 0 Å². The smallest absolute Gasteiger partial charge is 0.121 e. The number of aromatic nitrogens is 2. The van der Waals surface area contributed by atoms with Gasteiger partial charge in [-0.2, -0.15) is 0 Å². The molecular formula is C17H27N3O. The molecule has 4 nitrogen and oxygen atoms in total. The molecule has 0 amide bonds. The van der Waals surface area contributed by atoms with Crippen molar-refractivity contribution in [1.82, 2.24) is 14.9 Å². The van der Waals surface area contributed by atoms with Crippen LogP contribution in [-0.4, -0.2) is 30.3 Å². The third-order valence-corrected chi connectivity index (χ3v) is 3.87. The van der Waals surface area contributed by atoms with Crippen molar-refractivity contribution in [3.05, 3.63) is 24.0 Å². The minimum absolute atomic E-state index is 0.873. The maximum atomic E-state index is 5.30. The monoisotopic (exact) mass is 289 g/mol. The van der Waals surface area contributed by atoms with E-state index in [1.165, 1.54) is 37.0 Å². The van der Waals surface area contributed by atoms with Gasteiger partial charge in [0.25, 0.3) is 0 Å². The van der Waals surface area contributed by atoms with Crippen LogP contribution in [0.4, 0.5) is 0 Å². The SMILES string of the molecule is CCCCCCn1c(CCNC)nc2cc(OC)ccc21. The van der Waals surface area contributed by atoms with Crippen molar-refractivity contribution < 1.29 is 4.74 Å². The Morgan fingerprint density at radius 2 is 2.10 bits per heavy atom. The number of imidazole rings is 1. The number of aryl methyl sites for hydroxylation is 1. The zero-order valence-electron chi connectivity index (χ0n) is 13.5. The molecule has 0 bridgehead atoms. The second kappa shape index (κ2) is 8.03. The van der Waals surface area contributed by atoms with Gasteiger partial charge < -0.3 is 14.6 Å². The summed E-state index contributed by atoms with van der Waals surface area (Å²) in [4.78, 5) is 4.80. The average molecular weight is 289 g/mol. The van der Waals surface area contributed by atoms with Gasteiger partial charge in [-0.25, -0.2) is 4.98 Å². The predicted molar refractivity (Wildman–Crippen MR) is 88.1 cm³/mol. The van der Waals surface area contributed by atoms with Crippen LogP contribution in [0.3, 0.4) is 0 Å².